The molecule has 1 fully saturated rings. The summed E-state index contributed by atoms with van der Waals surface area (Å²) in [5.41, 5.74) is 1.97. The molecule has 142 valence electrons. The number of piperazine rings is 1. The number of carbonyl (C=O) groups is 1. The lowest BCUT2D eigenvalue weighted by Gasteiger charge is -2.35. The molecule has 0 unspecified atom stereocenters. The number of hydrogen-bond acceptors (Lipinski definition) is 5. The average molecular weight is 374 g/mol. The summed E-state index contributed by atoms with van der Waals surface area (Å²) < 4.78 is 5.57. The van der Waals surface area contributed by atoms with E-state index in [9.17, 15) is 4.79 Å². The van der Waals surface area contributed by atoms with Crippen molar-refractivity contribution in [1.29, 1.82) is 0 Å². The van der Waals surface area contributed by atoms with Gasteiger partial charge in [-0.2, -0.15) is 0 Å². The van der Waals surface area contributed by atoms with Crippen LogP contribution in [0.1, 0.15) is 0 Å². The van der Waals surface area contributed by atoms with Crippen molar-refractivity contribution in [2.75, 3.05) is 37.7 Å². The lowest BCUT2D eigenvalue weighted by Crippen LogP contribution is -2.50. The second kappa shape index (κ2) is 8.52. The molecule has 0 aliphatic carbocycles. The van der Waals surface area contributed by atoms with Crippen LogP contribution >= 0.6 is 0 Å². The van der Waals surface area contributed by atoms with Gasteiger partial charge in [0, 0.05) is 37.8 Å². The monoisotopic (exact) mass is 374 g/mol. The average Bonchev–Trinajstić information content (AvgIpc) is 2.79. The molecule has 6 heteroatoms. The van der Waals surface area contributed by atoms with Crippen LogP contribution in [0, 0.1) is 0 Å². The Bertz CT molecular complexity index is 910. The first-order valence-corrected chi connectivity index (χ1v) is 9.37. The number of rotatable bonds is 5. The van der Waals surface area contributed by atoms with Gasteiger partial charge in [-0.15, -0.1) is 0 Å². The van der Waals surface area contributed by atoms with Gasteiger partial charge in [-0.05, 0) is 12.1 Å². The molecule has 6 nitrogen and oxygen atoms in total. The highest BCUT2D eigenvalue weighted by atomic mass is 16.5. The summed E-state index contributed by atoms with van der Waals surface area (Å²) >= 11 is 0. The van der Waals surface area contributed by atoms with E-state index in [4.69, 9.17) is 4.74 Å². The molecule has 28 heavy (non-hydrogen) atoms. The molecular formula is C22H22N4O2. The predicted octanol–water partition coefficient (Wildman–Crippen LogP) is 2.87. The summed E-state index contributed by atoms with van der Waals surface area (Å²) in [7, 11) is 0. The number of nitrogens with zero attached hydrogens (tertiary/aromatic N) is 4. The molecule has 1 aromatic heterocycles. The molecule has 1 saturated heterocycles. The fraction of sp³-hybridized carbons (Fsp3) is 0.227. The van der Waals surface area contributed by atoms with Crippen molar-refractivity contribution in [2.24, 2.45) is 0 Å². The topological polar surface area (TPSA) is 58.6 Å². The number of para-hydroxylation sites is 1. The summed E-state index contributed by atoms with van der Waals surface area (Å²) in [6.07, 6.45) is 1.60. The minimum Gasteiger partial charge on any atom is -0.484 e. The van der Waals surface area contributed by atoms with Crippen LogP contribution in [0.3, 0.4) is 0 Å². The van der Waals surface area contributed by atoms with Crippen molar-refractivity contribution in [3.05, 3.63) is 73.1 Å². The molecule has 0 N–H and O–H groups in total. The first-order chi connectivity index (χ1) is 13.8. The van der Waals surface area contributed by atoms with E-state index >= 15 is 0 Å². The van der Waals surface area contributed by atoms with Gasteiger partial charge >= 0.3 is 0 Å². The van der Waals surface area contributed by atoms with E-state index in [0.29, 0.717) is 18.8 Å². The quantitative estimate of drug-likeness (QED) is 0.687. The van der Waals surface area contributed by atoms with Crippen LogP contribution in [0.25, 0.3) is 11.3 Å². The van der Waals surface area contributed by atoms with Crippen molar-refractivity contribution in [1.82, 2.24) is 14.9 Å². The Kier molecular flexibility index (Phi) is 5.47. The number of carbonyl (C=O) groups excluding carboxylic acids is 1. The maximum Gasteiger partial charge on any atom is 0.260 e. The molecule has 1 aliphatic heterocycles. The van der Waals surface area contributed by atoms with E-state index in [2.05, 4.69) is 14.9 Å². The maximum atomic E-state index is 12.4. The number of amides is 1. The number of ether oxygens (including phenoxy) is 1. The van der Waals surface area contributed by atoms with E-state index in [1.54, 1.807) is 6.33 Å². The first kappa shape index (κ1) is 18.0. The molecule has 1 amide bonds. The lowest BCUT2D eigenvalue weighted by atomic mass is 10.1. The van der Waals surface area contributed by atoms with Gasteiger partial charge in [-0.25, -0.2) is 9.97 Å². The van der Waals surface area contributed by atoms with Gasteiger partial charge in [0.05, 0.1) is 5.69 Å². The second-order valence-electron chi connectivity index (χ2n) is 6.60. The minimum atomic E-state index is 0.0103. The SMILES string of the molecule is O=C(COc1ccccc1)N1CCN(c2cc(-c3ccccc3)ncn2)CC1. The summed E-state index contributed by atoms with van der Waals surface area (Å²) in [6.45, 7) is 2.85. The van der Waals surface area contributed by atoms with Gasteiger partial charge in [-0.3, -0.25) is 4.79 Å². The minimum absolute atomic E-state index is 0.0103. The van der Waals surface area contributed by atoms with Crippen LogP contribution in [-0.2, 0) is 4.79 Å². The largest absolute Gasteiger partial charge is 0.484 e. The van der Waals surface area contributed by atoms with Gasteiger partial charge in [0.25, 0.3) is 5.91 Å². The zero-order valence-electron chi connectivity index (χ0n) is 15.6. The molecule has 0 bridgehead atoms. The van der Waals surface area contributed by atoms with E-state index in [1.165, 1.54) is 0 Å². The third kappa shape index (κ3) is 4.28. The van der Waals surface area contributed by atoms with Crippen LogP contribution in [0.2, 0.25) is 0 Å². The Hall–Kier alpha value is -3.41. The third-order valence-electron chi connectivity index (χ3n) is 4.78. The molecule has 0 saturated carbocycles. The number of hydrogen-bond donors (Lipinski definition) is 0. The van der Waals surface area contributed by atoms with Gasteiger partial charge in [0.1, 0.15) is 17.9 Å². The maximum absolute atomic E-state index is 12.4. The third-order valence-corrected chi connectivity index (χ3v) is 4.78. The summed E-state index contributed by atoms with van der Waals surface area (Å²) in [5.74, 6) is 1.61. The van der Waals surface area contributed by atoms with Crippen LogP contribution in [0.5, 0.6) is 5.75 Å². The molecule has 4 rings (SSSR count). The molecule has 0 spiro atoms. The lowest BCUT2D eigenvalue weighted by molar-refractivity contribution is -0.133. The van der Waals surface area contributed by atoms with Crippen LogP contribution in [0.4, 0.5) is 5.82 Å². The van der Waals surface area contributed by atoms with Gasteiger partial charge in [-0.1, -0.05) is 48.5 Å². The molecule has 2 heterocycles. The van der Waals surface area contributed by atoms with Crippen LogP contribution < -0.4 is 9.64 Å². The second-order valence-corrected chi connectivity index (χ2v) is 6.60. The van der Waals surface area contributed by atoms with E-state index < -0.39 is 0 Å². The summed E-state index contributed by atoms with van der Waals surface area (Å²) in [4.78, 5) is 25.3. The first-order valence-electron chi connectivity index (χ1n) is 9.37. The van der Waals surface area contributed by atoms with E-state index in [0.717, 1.165) is 30.2 Å². The van der Waals surface area contributed by atoms with Gasteiger partial charge in [0.15, 0.2) is 6.61 Å². The molecule has 3 aromatic rings. The van der Waals surface area contributed by atoms with Crippen molar-refractivity contribution in [3.8, 4) is 17.0 Å². The Morgan fingerprint density at radius 2 is 1.57 bits per heavy atom. The van der Waals surface area contributed by atoms with Crippen molar-refractivity contribution < 1.29 is 9.53 Å². The molecule has 1 aliphatic rings. The zero-order chi connectivity index (χ0) is 19.2. The van der Waals surface area contributed by atoms with Gasteiger partial charge in [0.2, 0.25) is 0 Å². The zero-order valence-corrected chi connectivity index (χ0v) is 15.6. The fourth-order valence-electron chi connectivity index (χ4n) is 3.22. The highest BCUT2D eigenvalue weighted by Gasteiger charge is 2.22. The molecule has 0 radical (unpaired) electrons. The molecule has 0 atom stereocenters. The molecule has 2 aromatic carbocycles. The Balaban J connectivity index is 1.33. The van der Waals surface area contributed by atoms with E-state index in [1.807, 2.05) is 71.6 Å². The van der Waals surface area contributed by atoms with E-state index in [-0.39, 0.29) is 12.5 Å². The smallest absolute Gasteiger partial charge is 0.260 e. The summed E-state index contributed by atoms with van der Waals surface area (Å²) in [5, 5.41) is 0. The van der Waals surface area contributed by atoms with Crippen molar-refractivity contribution in [2.45, 2.75) is 0 Å². The highest BCUT2D eigenvalue weighted by molar-refractivity contribution is 5.78. The van der Waals surface area contributed by atoms with Crippen LogP contribution in [-0.4, -0.2) is 53.6 Å². The summed E-state index contributed by atoms with van der Waals surface area (Å²) in [6, 6.07) is 21.5. The number of anilines is 1. The van der Waals surface area contributed by atoms with Gasteiger partial charge < -0.3 is 14.5 Å². The normalized spacial score (nSPS) is 14.0. The Labute approximate surface area is 164 Å². The highest BCUT2D eigenvalue weighted by Crippen LogP contribution is 2.21. The number of aromatic nitrogens is 2. The van der Waals surface area contributed by atoms with Crippen molar-refractivity contribution >= 4 is 11.7 Å². The Morgan fingerprint density at radius 1 is 0.893 bits per heavy atom. The fourth-order valence-corrected chi connectivity index (χ4v) is 3.22. The van der Waals surface area contributed by atoms with Crippen LogP contribution in [0.15, 0.2) is 73.1 Å². The van der Waals surface area contributed by atoms with Crippen molar-refractivity contribution in [3.63, 3.8) is 0 Å². The number of benzene rings is 2. The molecular weight excluding hydrogens is 352 g/mol. The Morgan fingerprint density at radius 3 is 2.29 bits per heavy atom. The predicted molar refractivity (Wildman–Crippen MR) is 108 cm³/mol. The standard InChI is InChI=1S/C22H22N4O2/c27-22(16-28-19-9-5-2-6-10-19)26-13-11-25(12-14-26)21-15-20(23-17-24-21)18-7-3-1-4-8-18/h1-10,15,17H,11-14,16H2.